The fourth-order valence-electron chi connectivity index (χ4n) is 8.37. The van der Waals surface area contributed by atoms with Crippen molar-refractivity contribution in [3.63, 3.8) is 0 Å². The number of aliphatic hydroxyl groups excluding tert-OH is 4. The van der Waals surface area contributed by atoms with Gasteiger partial charge in [0.05, 0.1) is 29.5 Å². The molecule has 4 aliphatic rings. The highest BCUT2D eigenvalue weighted by Crippen LogP contribution is 2.68. The molecule has 6 N–H and O–H groups in total. The maximum absolute atomic E-state index is 13.3. The summed E-state index contributed by atoms with van der Waals surface area (Å²) in [6, 6.07) is 0. The number of hydrogen-bond acceptors (Lipinski definition) is 7. The van der Waals surface area contributed by atoms with Crippen LogP contribution >= 0.6 is 0 Å². The Morgan fingerprint density at radius 2 is 1.79 bits per heavy atom. The molecular formula is C27H44O7. The average molecular weight is 481 g/mol. The largest absolute Gasteiger partial charge is 0.396 e. The minimum Gasteiger partial charge on any atom is -0.396 e. The van der Waals surface area contributed by atoms with Gasteiger partial charge in [-0.2, -0.15) is 0 Å². The predicted octanol–water partition coefficient (Wildman–Crippen LogP) is 1.71. The molecule has 3 saturated carbocycles. The Labute approximate surface area is 202 Å². The molecule has 0 aromatic rings. The Hall–Kier alpha value is -0.830. The molecule has 34 heavy (non-hydrogen) atoms. The van der Waals surface area contributed by atoms with E-state index in [0.717, 1.165) is 12.0 Å². The van der Waals surface area contributed by atoms with E-state index < -0.39 is 40.3 Å². The van der Waals surface area contributed by atoms with Crippen molar-refractivity contribution >= 4 is 5.78 Å². The van der Waals surface area contributed by atoms with E-state index in [9.17, 15) is 35.4 Å². The second-order valence-corrected chi connectivity index (χ2v) is 12.7. The Balaban J connectivity index is 1.65. The van der Waals surface area contributed by atoms with Crippen LogP contribution in [0.25, 0.3) is 0 Å². The lowest BCUT2D eigenvalue weighted by Crippen LogP contribution is -2.62. The lowest BCUT2D eigenvalue weighted by Gasteiger charge is -2.60. The number of hydrogen-bond donors (Lipinski definition) is 6. The van der Waals surface area contributed by atoms with Gasteiger partial charge in [-0.15, -0.1) is 0 Å². The van der Waals surface area contributed by atoms with Crippen molar-refractivity contribution in [2.24, 2.45) is 34.5 Å². The van der Waals surface area contributed by atoms with Gasteiger partial charge in [0, 0.05) is 17.9 Å². The minimum absolute atomic E-state index is 0.0326. The molecule has 0 radical (unpaired) electrons. The molecule has 0 aromatic heterocycles. The van der Waals surface area contributed by atoms with Crippen LogP contribution in [0.1, 0.15) is 79.1 Å². The number of rotatable bonds is 6. The zero-order valence-electron chi connectivity index (χ0n) is 21.1. The number of allylic oxidation sites excluding steroid dienone is 1. The number of carbonyl (C=O) groups excluding carboxylic acids is 1. The Morgan fingerprint density at radius 1 is 1.12 bits per heavy atom. The summed E-state index contributed by atoms with van der Waals surface area (Å²) in [7, 11) is 0. The van der Waals surface area contributed by atoms with E-state index in [2.05, 4.69) is 0 Å². The average Bonchev–Trinajstić information content (AvgIpc) is 3.06. The van der Waals surface area contributed by atoms with Gasteiger partial charge in [-0.3, -0.25) is 4.79 Å². The van der Waals surface area contributed by atoms with Crippen LogP contribution in [0.3, 0.4) is 0 Å². The molecule has 11 atom stereocenters. The molecule has 4 aliphatic carbocycles. The van der Waals surface area contributed by atoms with Crippen LogP contribution < -0.4 is 0 Å². The first-order chi connectivity index (χ1) is 15.7. The van der Waals surface area contributed by atoms with Crippen molar-refractivity contribution in [2.75, 3.05) is 6.61 Å². The molecule has 7 heteroatoms. The van der Waals surface area contributed by atoms with Crippen LogP contribution in [0.2, 0.25) is 0 Å². The fourth-order valence-corrected chi connectivity index (χ4v) is 8.37. The summed E-state index contributed by atoms with van der Waals surface area (Å²) in [6.07, 6.45) is 2.65. The molecule has 7 nitrogen and oxygen atoms in total. The SMILES string of the molecule is C[C@H](CO)CC[C@H](O)[C@](C)(O)[C@@H]1CC[C@]2(O)C3=CC(=O)[C@@H]4C[C@H](O)[C@H](O)C[C@]4(C)[C@H]3CC[C@@]12C. The third-order valence-electron chi connectivity index (χ3n) is 10.7. The third kappa shape index (κ3) is 3.65. The van der Waals surface area contributed by atoms with Crippen molar-refractivity contribution in [1.29, 1.82) is 0 Å². The van der Waals surface area contributed by atoms with E-state index in [-0.39, 0.29) is 42.5 Å². The van der Waals surface area contributed by atoms with Crippen LogP contribution in [-0.2, 0) is 4.79 Å². The Bertz CT molecular complexity index is 839. The molecule has 194 valence electrons. The second-order valence-electron chi connectivity index (χ2n) is 12.7. The van der Waals surface area contributed by atoms with Crippen LogP contribution in [0.4, 0.5) is 0 Å². The van der Waals surface area contributed by atoms with Gasteiger partial charge >= 0.3 is 0 Å². The first-order valence-corrected chi connectivity index (χ1v) is 13.1. The van der Waals surface area contributed by atoms with Crippen molar-refractivity contribution in [3.05, 3.63) is 11.6 Å². The number of ketones is 1. The summed E-state index contributed by atoms with van der Waals surface area (Å²) in [6.45, 7) is 7.59. The van der Waals surface area contributed by atoms with Gasteiger partial charge in [0.25, 0.3) is 0 Å². The van der Waals surface area contributed by atoms with Crippen molar-refractivity contribution in [1.82, 2.24) is 0 Å². The highest BCUT2D eigenvalue weighted by Gasteiger charge is 2.69. The topological polar surface area (TPSA) is 138 Å². The van der Waals surface area contributed by atoms with Gasteiger partial charge in [-0.1, -0.05) is 20.8 Å². The predicted molar refractivity (Wildman–Crippen MR) is 127 cm³/mol. The summed E-state index contributed by atoms with van der Waals surface area (Å²) in [5, 5.41) is 64.7. The van der Waals surface area contributed by atoms with Crippen molar-refractivity contribution in [3.8, 4) is 0 Å². The van der Waals surface area contributed by atoms with E-state index in [1.165, 1.54) is 0 Å². The highest BCUT2D eigenvalue weighted by molar-refractivity contribution is 5.95. The Morgan fingerprint density at radius 3 is 2.44 bits per heavy atom. The van der Waals surface area contributed by atoms with Crippen LogP contribution in [0.15, 0.2) is 11.6 Å². The molecule has 0 heterocycles. The zero-order valence-corrected chi connectivity index (χ0v) is 21.1. The van der Waals surface area contributed by atoms with Crippen LogP contribution in [0.5, 0.6) is 0 Å². The molecular weight excluding hydrogens is 436 g/mol. The maximum atomic E-state index is 13.3. The van der Waals surface area contributed by atoms with Gasteiger partial charge in [0.2, 0.25) is 0 Å². The van der Waals surface area contributed by atoms with E-state index in [0.29, 0.717) is 38.5 Å². The molecule has 0 bridgehead atoms. The van der Waals surface area contributed by atoms with E-state index in [1.807, 2.05) is 20.8 Å². The van der Waals surface area contributed by atoms with Gasteiger partial charge in [0.15, 0.2) is 5.78 Å². The molecule has 4 rings (SSSR count). The van der Waals surface area contributed by atoms with Crippen LogP contribution in [-0.4, -0.2) is 72.5 Å². The van der Waals surface area contributed by atoms with E-state index in [1.54, 1.807) is 13.0 Å². The summed E-state index contributed by atoms with van der Waals surface area (Å²) in [5.74, 6) is -0.859. The first-order valence-electron chi connectivity index (χ1n) is 13.1. The van der Waals surface area contributed by atoms with Crippen molar-refractivity contribution in [2.45, 2.75) is 109 Å². The number of aliphatic hydroxyl groups is 6. The molecule has 0 saturated heterocycles. The standard InChI is InChI=1S/C27H44O7/c1-15(14-28)5-6-23(32)26(4,33)22-8-10-27(34)17-11-19(29)18-12-20(30)21(31)13-24(18,2)16(17)7-9-25(22,27)3/h11,15-16,18,20-23,28,30-34H,5-10,12-14H2,1-4H3/t15-,16-,18-,20-,21+,22+,23-,24+,25-,26+,27-/m0/s1. The Kier molecular flexibility index (Phi) is 6.66. The monoisotopic (exact) mass is 480 g/mol. The van der Waals surface area contributed by atoms with Crippen molar-refractivity contribution < 1.29 is 35.4 Å². The molecule has 3 fully saturated rings. The quantitative estimate of drug-likeness (QED) is 0.340. The summed E-state index contributed by atoms with van der Waals surface area (Å²) >= 11 is 0. The zero-order chi connectivity index (χ0) is 25.3. The molecule has 0 spiro atoms. The molecule has 0 aromatic carbocycles. The number of carbonyl (C=O) groups is 1. The number of fused-ring (bicyclic) bond motifs is 5. The molecule has 0 unspecified atom stereocenters. The van der Waals surface area contributed by atoms with Crippen LogP contribution in [0, 0.1) is 34.5 Å². The smallest absolute Gasteiger partial charge is 0.159 e. The summed E-state index contributed by atoms with van der Waals surface area (Å²) in [5.41, 5.74) is -3.21. The third-order valence-corrected chi connectivity index (χ3v) is 10.7. The minimum atomic E-state index is -1.42. The van der Waals surface area contributed by atoms with Gasteiger partial charge in [0.1, 0.15) is 0 Å². The lowest BCUT2D eigenvalue weighted by atomic mass is 9.45. The van der Waals surface area contributed by atoms with Gasteiger partial charge in [-0.05, 0) is 93.1 Å². The van der Waals surface area contributed by atoms with Gasteiger partial charge < -0.3 is 30.6 Å². The van der Waals surface area contributed by atoms with Gasteiger partial charge in [-0.25, -0.2) is 0 Å². The summed E-state index contributed by atoms with van der Waals surface area (Å²) in [4.78, 5) is 13.3. The lowest BCUT2D eigenvalue weighted by molar-refractivity contribution is -0.176. The highest BCUT2D eigenvalue weighted by atomic mass is 16.3. The maximum Gasteiger partial charge on any atom is 0.159 e. The summed E-state index contributed by atoms with van der Waals surface area (Å²) < 4.78 is 0. The van der Waals surface area contributed by atoms with E-state index >= 15 is 0 Å². The fraction of sp³-hybridized carbons (Fsp3) is 0.889. The molecule has 0 aliphatic heterocycles. The second kappa shape index (κ2) is 8.63. The van der Waals surface area contributed by atoms with E-state index in [4.69, 9.17) is 0 Å². The molecule has 0 amide bonds. The first kappa shape index (κ1) is 26.2. The normalized spacial score (nSPS) is 47.6.